The molecule has 0 heterocycles. The van der Waals surface area contributed by atoms with E-state index in [1.165, 1.54) is 90.3 Å². The van der Waals surface area contributed by atoms with Crippen molar-refractivity contribution in [3.63, 3.8) is 0 Å². The normalized spacial score (nSPS) is 12.5. The molecule has 0 spiro atoms. The molecule has 0 aromatic heterocycles. The Kier molecular flexibility index (Phi) is 14.4. The van der Waals surface area contributed by atoms with Crippen molar-refractivity contribution < 1.29 is 49.0 Å². The van der Waals surface area contributed by atoms with Crippen LogP contribution in [-0.4, -0.2) is 3.21 Å². The van der Waals surface area contributed by atoms with Gasteiger partial charge in [-0.3, -0.25) is 6.08 Å². The van der Waals surface area contributed by atoms with Gasteiger partial charge in [0.15, 0.2) is 0 Å². The molecule has 0 fully saturated rings. The molecule has 0 atom stereocenters. The molecule has 0 N–H and O–H groups in total. The standard InChI is InChI=1S/C23H18.C21H25.C5H5.2ClH.Zr/c1-3-16-22-18(8-1)10-5-12-20(22)14-7-15-21-13-6-11-19-9-2-4-17-23(19)21;1-20(2,3)16-9-7-14-11-15-8-10-17(21(4,5)6)13-19(15)18(14)12-16;1-2-4-5-3-1;;;/h1-6,8-13,16-17H,14-15H2;7,9-10,12-13H,11H2,1-6H3;1-3H,4H2;2*1H;/q;2*-1;;;+2/p-2. The van der Waals surface area contributed by atoms with E-state index in [0.29, 0.717) is 0 Å². The van der Waals surface area contributed by atoms with Crippen molar-refractivity contribution in [2.75, 3.05) is 0 Å². The van der Waals surface area contributed by atoms with Crippen molar-refractivity contribution in [2.45, 2.75) is 78.1 Å². The third-order valence-corrected chi connectivity index (χ3v) is 10.5. The van der Waals surface area contributed by atoms with Gasteiger partial charge in [-0.05, 0) is 17.4 Å². The molecule has 264 valence electrons. The van der Waals surface area contributed by atoms with Crippen LogP contribution in [-0.2, 0) is 54.3 Å². The van der Waals surface area contributed by atoms with Gasteiger partial charge in [0, 0.05) is 0 Å². The topological polar surface area (TPSA) is 0 Å². The van der Waals surface area contributed by atoms with Crippen LogP contribution in [0.15, 0.2) is 133 Å². The van der Waals surface area contributed by atoms with Crippen LogP contribution in [0.5, 0.6) is 0 Å². The fourth-order valence-electron chi connectivity index (χ4n) is 6.74. The molecule has 52 heavy (non-hydrogen) atoms. The average molecular weight is 799 g/mol. The van der Waals surface area contributed by atoms with Crippen molar-refractivity contribution in [3.05, 3.63) is 179 Å². The molecule has 0 radical (unpaired) electrons. The molecule has 3 heteroatoms. The number of halogens is 2. The Labute approximate surface area is 339 Å². The van der Waals surface area contributed by atoms with E-state index in [1.807, 2.05) is 12.2 Å². The van der Waals surface area contributed by atoms with Crippen LogP contribution in [0.3, 0.4) is 0 Å². The van der Waals surface area contributed by atoms with Gasteiger partial charge in [0.25, 0.3) is 0 Å². The third kappa shape index (κ3) is 10.2. The second-order valence-electron chi connectivity index (χ2n) is 15.6. The van der Waals surface area contributed by atoms with Gasteiger partial charge < -0.3 is 24.8 Å². The van der Waals surface area contributed by atoms with Gasteiger partial charge in [-0.2, -0.15) is 35.4 Å². The quantitative estimate of drug-likeness (QED) is 0.180. The summed E-state index contributed by atoms with van der Waals surface area (Å²) in [5.41, 5.74) is 11.7. The SMILES string of the molecule is CC(C)(C)c1c[c-]c2c(c1)-c1cc(C(C)(C)C)ccc1C2.[C-]1=CC=CC1.[Cl-].[Cl-].[Zr+2]=[C](Cc1cccc2ccccc12)Cc1cccc2ccccc12. The van der Waals surface area contributed by atoms with E-state index in [0.717, 1.165) is 25.7 Å². The Balaban J connectivity index is 0.000000199. The first kappa shape index (κ1) is 41.4. The summed E-state index contributed by atoms with van der Waals surface area (Å²) in [4.78, 5) is 0. The number of rotatable bonds is 4. The summed E-state index contributed by atoms with van der Waals surface area (Å²) < 4.78 is 1.59. The van der Waals surface area contributed by atoms with Gasteiger partial charge in [-0.25, -0.2) is 12.2 Å². The summed E-state index contributed by atoms with van der Waals surface area (Å²) in [7, 11) is 0. The number of hydrogen-bond donors (Lipinski definition) is 0. The van der Waals surface area contributed by atoms with Gasteiger partial charge in [0.05, 0.1) is 0 Å². The third-order valence-electron chi connectivity index (χ3n) is 9.68. The van der Waals surface area contributed by atoms with Crippen molar-refractivity contribution >= 4 is 24.8 Å². The molecular weight excluding hydrogens is 751 g/mol. The van der Waals surface area contributed by atoms with Crippen molar-refractivity contribution in [1.82, 2.24) is 0 Å². The minimum atomic E-state index is 0. The average Bonchev–Trinajstić information content (AvgIpc) is 3.80. The summed E-state index contributed by atoms with van der Waals surface area (Å²) in [6, 6.07) is 45.8. The molecule has 8 rings (SSSR count). The molecule has 0 amide bonds. The van der Waals surface area contributed by atoms with Crippen LogP contribution in [0.25, 0.3) is 32.7 Å². The van der Waals surface area contributed by atoms with Crippen LogP contribution in [0.4, 0.5) is 0 Å². The summed E-state index contributed by atoms with van der Waals surface area (Å²) in [6.45, 7) is 13.6. The molecule has 6 aromatic rings. The van der Waals surface area contributed by atoms with Gasteiger partial charge in [0.1, 0.15) is 0 Å². The van der Waals surface area contributed by atoms with E-state index in [9.17, 15) is 0 Å². The number of fused-ring (bicyclic) bond motifs is 5. The van der Waals surface area contributed by atoms with E-state index in [4.69, 9.17) is 0 Å². The van der Waals surface area contributed by atoms with Gasteiger partial charge >= 0.3 is 158 Å². The van der Waals surface area contributed by atoms with Crippen LogP contribution in [0, 0.1) is 12.1 Å². The van der Waals surface area contributed by atoms with E-state index in [1.54, 1.807) is 3.21 Å². The second kappa shape index (κ2) is 18.1. The fourth-order valence-corrected chi connectivity index (χ4v) is 7.68. The fraction of sp³-hybridized carbons (Fsp3) is 0.245. The molecular formula is C49H48Cl2Zr-2. The molecule has 0 unspecified atom stereocenters. The van der Waals surface area contributed by atoms with E-state index in [2.05, 4.69) is 175 Å². The Bertz CT molecular complexity index is 2040. The Morgan fingerprint density at radius 3 is 1.67 bits per heavy atom. The molecule has 0 saturated carbocycles. The van der Waals surface area contributed by atoms with Gasteiger partial charge in [0.2, 0.25) is 0 Å². The summed E-state index contributed by atoms with van der Waals surface area (Å²) in [5, 5.41) is 5.45. The first-order valence-corrected chi connectivity index (χ1v) is 19.1. The zero-order valence-corrected chi connectivity index (χ0v) is 35.3. The maximum atomic E-state index is 3.53. The van der Waals surface area contributed by atoms with Crippen LogP contribution < -0.4 is 24.8 Å². The summed E-state index contributed by atoms with van der Waals surface area (Å²) in [5.74, 6) is 0. The number of hydrogen-bond acceptors (Lipinski definition) is 0. The Morgan fingerprint density at radius 2 is 1.17 bits per heavy atom. The predicted molar refractivity (Wildman–Crippen MR) is 213 cm³/mol. The molecule has 6 aromatic carbocycles. The van der Waals surface area contributed by atoms with E-state index < -0.39 is 0 Å². The second-order valence-corrected chi connectivity index (χ2v) is 17.3. The molecule has 0 aliphatic heterocycles. The van der Waals surface area contributed by atoms with Crippen LogP contribution in [0.2, 0.25) is 0 Å². The number of allylic oxidation sites excluding steroid dienone is 4. The van der Waals surface area contributed by atoms with Crippen LogP contribution in [0.1, 0.15) is 81.3 Å². The molecule has 0 saturated heterocycles. The van der Waals surface area contributed by atoms with E-state index >= 15 is 0 Å². The van der Waals surface area contributed by atoms with Gasteiger partial charge in [-0.15, -0.1) is 12.0 Å². The Morgan fingerprint density at radius 1 is 0.635 bits per heavy atom. The molecule has 2 aliphatic carbocycles. The maximum absolute atomic E-state index is 3.53. The summed E-state index contributed by atoms with van der Waals surface area (Å²) in [6.07, 6.45) is 13.2. The molecule has 2 aliphatic rings. The first-order chi connectivity index (χ1) is 24.0. The van der Waals surface area contributed by atoms with Crippen molar-refractivity contribution in [1.29, 1.82) is 0 Å². The van der Waals surface area contributed by atoms with Gasteiger partial charge in [-0.1, -0.05) is 76.3 Å². The Hall–Kier alpha value is -3.35. The molecule has 0 bridgehead atoms. The minimum absolute atomic E-state index is 0. The molecule has 0 nitrogen and oxygen atoms in total. The van der Waals surface area contributed by atoms with E-state index in [-0.39, 0.29) is 35.6 Å². The predicted octanol–water partition coefficient (Wildman–Crippen LogP) is 6.46. The number of benzene rings is 6. The monoisotopic (exact) mass is 796 g/mol. The zero-order chi connectivity index (χ0) is 35.3. The van der Waals surface area contributed by atoms with Crippen molar-refractivity contribution in [2.24, 2.45) is 0 Å². The zero-order valence-electron chi connectivity index (χ0n) is 31.3. The van der Waals surface area contributed by atoms with Crippen LogP contribution >= 0.6 is 0 Å². The first-order valence-electron chi connectivity index (χ1n) is 17.9. The summed E-state index contributed by atoms with van der Waals surface area (Å²) >= 11 is 1.53. The van der Waals surface area contributed by atoms with Crippen molar-refractivity contribution in [3.8, 4) is 11.1 Å².